The highest BCUT2D eigenvalue weighted by atomic mass is 14.8. The van der Waals surface area contributed by atoms with Crippen LogP contribution in [0.2, 0.25) is 0 Å². The van der Waals surface area contributed by atoms with Gasteiger partial charge in [0.25, 0.3) is 0 Å². The van der Waals surface area contributed by atoms with Crippen LogP contribution in [0.3, 0.4) is 0 Å². The third-order valence-corrected chi connectivity index (χ3v) is 2.40. The van der Waals surface area contributed by atoms with Crippen LogP contribution in [0.15, 0.2) is 36.8 Å². The first-order chi connectivity index (χ1) is 7.86. The third kappa shape index (κ3) is 1.27. The number of nitrogens with zero attached hydrogens (tertiary/aromatic N) is 4. The fourth-order valence-electron chi connectivity index (χ4n) is 1.65. The van der Waals surface area contributed by atoms with Crippen LogP contribution in [0, 0.1) is 11.3 Å². The molecule has 4 heteroatoms. The standard InChI is InChI=1S/C12H6N4/c13-6-8-3-9-4-11-12(15-2-1-14-11)5-10(9)16-7-8/h1-5,7H. The predicted molar refractivity (Wildman–Crippen MR) is 59.6 cm³/mol. The summed E-state index contributed by atoms with van der Waals surface area (Å²) in [4.78, 5) is 12.6. The van der Waals surface area contributed by atoms with Crippen molar-refractivity contribution in [3.05, 3.63) is 42.4 Å². The number of pyridine rings is 1. The Morgan fingerprint density at radius 2 is 1.62 bits per heavy atom. The SMILES string of the molecule is N#Cc1cnc2cc3nccnc3cc2c1. The number of aromatic nitrogens is 3. The molecule has 0 atom stereocenters. The van der Waals surface area contributed by atoms with Gasteiger partial charge in [0.05, 0.1) is 22.1 Å². The molecule has 16 heavy (non-hydrogen) atoms. The fraction of sp³-hybridized carbons (Fsp3) is 0. The van der Waals surface area contributed by atoms with Crippen LogP contribution in [-0.4, -0.2) is 15.0 Å². The molecule has 74 valence electrons. The van der Waals surface area contributed by atoms with E-state index in [1.54, 1.807) is 24.7 Å². The molecule has 4 nitrogen and oxygen atoms in total. The Bertz CT molecular complexity index is 728. The van der Waals surface area contributed by atoms with Crippen LogP contribution in [0.4, 0.5) is 0 Å². The Labute approximate surface area is 91.2 Å². The monoisotopic (exact) mass is 206 g/mol. The van der Waals surface area contributed by atoms with Crippen molar-refractivity contribution in [2.75, 3.05) is 0 Å². The molecule has 0 amide bonds. The molecule has 0 radical (unpaired) electrons. The summed E-state index contributed by atoms with van der Waals surface area (Å²) in [6.07, 6.45) is 4.86. The summed E-state index contributed by atoms with van der Waals surface area (Å²) in [7, 11) is 0. The van der Waals surface area contributed by atoms with Crippen LogP contribution in [-0.2, 0) is 0 Å². The minimum Gasteiger partial charge on any atom is -0.255 e. The summed E-state index contributed by atoms with van der Waals surface area (Å²) in [5.74, 6) is 0. The van der Waals surface area contributed by atoms with Crippen LogP contribution >= 0.6 is 0 Å². The molecule has 0 fully saturated rings. The van der Waals surface area contributed by atoms with Gasteiger partial charge in [-0.25, -0.2) is 0 Å². The topological polar surface area (TPSA) is 62.5 Å². The van der Waals surface area contributed by atoms with Crippen molar-refractivity contribution in [2.45, 2.75) is 0 Å². The Kier molecular flexibility index (Phi) is 1.77. The number of benzene rings is 1. The van der Waals surface area contributed by atoms with Gasteiger partial charge in [0.15, 0.2) is 0 Å². The van der Waals surface area contributed by atoms with E-state index in [9.17, 15) is 0 Å². The highest BCUT2D eigenvalue weighted by Gasteiger charge is 2.01. The lowest BCUT2D eigenvalue weighted by molar-refractivity contribution is 1.29. The van der Waals surface area contributed by atoms with E-state index in [0.29, 0.717) is 5.56 Å². The van der Waals surface area contributed by atoms with E-state index in [1.165, 1.54) is 0 Å². The lowest BCUT2D eigenvalue weighted by Gasteiger charge is -1.99. The van der Waals surface area contributed by atoms with E-state index in [1.807, 2.05) is 12.1 Å². The third-order valence-electron chi connectivity index (χ3n) is 2.40. The van der Waals surface area contributed by atoms with Gasteiger partial charge >= 0.3 is 0 Å². The molecule has 0 saturated heterocycles. The van der Waals surface area contributed by atoms with Crippen molar-refractivity contribution in [3.8, 4) is 6.07 Å². The minimum atomic E-state index is 0.552. The quantitative estimate of drug-likeness (QED) is 0.528. The number of nitriles is 1. The average Bonchev–Trinajstić information content (AvgIpc) is 2.35. The smallest absolute Gasteiger partial charge is 0.101 e. The molecular formula is C12H6N4. The highest BCUT2D eigenvalue weighted by molar-refractivity contribution is 5.92. The zero-order chi connectivity index (χ0) is 11.0. The average molecular weight is 206 g/mol. The van der Waals surface area contributed by atoms with Gasteiger partial charge in [0, 0.05) is 24.0 Å². The molecule has 0 unspecified atom stereocenters. The molecule has 0 saturated carbocycles. The second-order valence-electron chi connectivity index (χ2n) is 3.43. The molecule has 3 rings (SSSR count). The largest absolute Gasteiger partial charge is 0.255 e. The maximum absolute atomic E-state index is 8.79. The van der Waals surface area contributed by atoms with Gasteiger partial charge in [0.2, 0.25) is 0 Å². The summed E-state index contributed by atoms with van der Waals surface area (Å²) in [5.41, 5.74) is 3.00. The molecule has 0 bridgehead atoms. The van der Waals surface area contributed by atoms with Gasteiger partial charge < -0.3 is 0 Å². The fourth-order valence-corrected chi connectivity index (χ4v) is 1.65. The lowest BCUT2D eigenvalue weighted by Crippen LogP contribution is -1.86. The summed E-state index contributed by atoms with van der Waals surface area (Å²) < 4.78 is 0. The predicted octanol–water partition coefficient (Wildman–Crippen LogP) is 2.05. The van der Waals surface area contributed by atoms with Gasteiger partial charge in [-0.15, -0.1) is 0 Å². The summed E-state index contributed by atoms with van der Waals surface area (Å²) >= 11 is 0. The van der Waals surface area contributed by atoms with Crippen LogP contribution in [0.1, 0.15) is 5.56 Å². The summed E-state index contributed by atoms with van der Waals surface area (Å²) in [6.45, 7) is 0. The van der Waals surface area contributed by atoms with E-state index >= 15 is 0 Å². The first-order valence-electron chi connectivity index (χ1n) is 4.77. The molecule has 2 aromatic heterocycles. The molecule has 3 aromatic rings. The second kappa shape index (κ2) is 3.24. The number of hydrogen-bond donors (Lipinski definition) is 0. The maximum atomic E-state index is 8.79. The molecule has 0 aliphatic rings. The normalized spacial score (nSPS) is 10.4. The van der Waals surface area contributed by atoms with E-state index in [4.69, 9.17) is 5.26 Å². The van der Waals surface area contributed by atoms with E-state index in [-0.39, 0.29) is 0 Å². The van der Waals surface area contributed by atoms with Gasteiger partial charge in [-0.05, 0) is 18.2 Å². The highest BCUT2D eigenvalue weighted by Crippen LogP contribution is 2.18. The number of hydrogen-bond acceptors (Lipinski definition) is 4. The lowest BCUT2D eigenvalue weighted by atomic mass is 10.1. The van der Waals surface area contributed by atoms with Crippen LogP contribution in [0.5, 0.6) is 0 Å². The Morgan fingerprint density at radius 3 is 2.38 bits per heavy atom. The van der Waals surface area contributed by atoms with Crippen molar-refractivity contribution >= 4 is 21.9 Å². The minimum absolute atomic E-state index is 0.552. The number of rotatable bonds is 0. The molecule has 0 spiro atoms. The van der Waals surface area contributed by atoms with Crippen LogP contribution in [0.25, 0.3) is 21.9 Å². The Balaban J connectivity index is 2.43. The first-order valence-corrected chi connectivity index (χ1v) is 4.77. The molecule has 0 N–H and O–H groups in total. The van der Waals surface area contributed by atoms with E-state index < -0.39 is 0 Å². The molecule has 1 aromatic carbocycles. The molecule has 2 heterocycles. The van der Waals surface area contributed by atoms with E-state index in [0.717, 1.165) is 21.9 Å². The van der Waals surface area contributed by atoms with E-state index in [2.05, 4.69) is 21.0 Å². The molecule has 0 aliphatic carbocycles. The summed E-state index contributed by atoms with van der Waals surface area (Å²) in [5, 5.41) is 9.70. The van der Waals surface area contributed by atoms with Crippen molar-refractivity contribution < 1.29 is 0 Å². The van der Waals surface area contributed by atoms with Gasteiger partial charge in [-0.2, -0.15) is 5.26 Å². The Morgan fingerprint density at radius 1 is 0.875 bits per heavy atom. The van der Waals surface area contributed by atoms with Crippen molar-refractivity contribution in [2.24, 2.45) is 0 Å². The molecular weight excluding hydrogens is 200 g/mol. The first kappa shape index (κ1) is 8.74. The van der Waals surface area contributed by atoms with Gasteiger partial charge in [-0.1, -0.05) is 0 Å². The Hall–Kier alpha value is -2.54. The van der Waals surface area contributed by atoms with Crippen molar-refractivity contribution in [3.63, 3.8) is 0 Å². The zero-order valence-corrected chi connectivity index (χ0v) is 8.25. The second-order valence-corrected chi connectivity index (χ2v) is 3.43. The molecule has 0 aliphatic heterocycles. The summed E-state index contributed by atoms with van der Waals surface area (Å²) in [6, 6.07) is 7.64. The van der Waals surface area contributed by atoms with Crippen molar-refractivity contribution in [1.82, 2.24) is 15.0 Å². The zero-order valence-electron chi connectivity index (χ0n) is 8.25. The maximum Gasteiger partial charge on any atom is 0.101 e. The van der Waals surface area contributed by atoms with Crippen molar-refractivity contribution in [1.29, 1.82) is 5.26 Å². The van der Waals surface area contributed by atoms with Crippen LogP contribution < -0.4 is 0 Å². The number of fused-ring (bicyclic) bond motifs is 2. The van der Waals surface area contributed by atoms with Gasteiger partial charge in [-0.3, -0.25) is 15.0 Å². The van der Waals surface area contributed by atoms with Gasteiger partial charge in [0.1, 0.15) is 6.07 Å².